The number of ketones is 1. The number of carbonyl (C=O) groups is 2. The Labute approximate surface area is 166 Å². The Morgan fingerprint density at radius 1 is 1.36 bits per heavy atom. The lowest BCUT2D eigenvalue weighted by atomic mass is 9.76. The summed E-state index contributed by atoms with van der Waals surface area (Å²) in [6.07, 6.45) is 4.91. The molecule has 7 nitrogen and oxygen atoms in total. The molecule has 146 valence electrons. The first-order chi connectivity index (χ1) is 13.7. The molecule has 0 aliphatic carbocycles. The van der Waals surface area contributed by atoms with Gasteiger partial charge in [0.2, 0.25) is 0 Å². The average molecular weight is 398 g/mol. The summed E-state index contributed by atoms with van der Waals surface area (Å²) in [4.78, 5) is 28.2. The number of fused-ring (bicyclic) bond motifs is 4. The highest BCUT2D eigenvalue weighted by atomic mass is 32.1. The monoisotopic (exact) mass is 398 g/mol. The van der Waals surface area contributed by atoms with Crippen LogP contribution in [0.1, 0.15) is 29.8 Å². The largest absolute Gasteiger partial charge is 0.483 e. The van der Waals surface area contributed by atoms with Gasteiger partial charge in [-0.1, -0.05) is 0 Å². The molecule has 1 atom stereocenters. The number of thiazole rings is 1. The Hall–Kier alpha value is -2.58. The number of benzene rings is 1. The first-order valence-electron chi connectivity index (χ1n) is 9.41. The minimum absolute atomic E-state index is 0.168. The molecule has 0 radical (unpaired) electrons. The van der Waals surface area contributed by atoms with Gasteiger partial charge in [-0.15, -0.1) is 11.3 Å². The van der Waals surface area contributed by atoms with E-state index >= 15 is 0 Å². The predicted octanol–water partition coefficient (Wildman–Crippen LogP) is 3.30. The number of H-pyrrole nitrogens is 1. The van der Waals surface area contributed by atoms with Gasteiger partial charge in [0, 0.05) is 35.5 Å². The molecule has 2 N–H and O–H groups in total. The molecule has 0 amide bonds. The molecule has 28 heavy (non-hydrogen) atoms. The van der Waals surface area contributed by atoms with E-state index in [0.717, 1.165) is 28.0 Å². The molecule has 6 rings (SSSR count). The van der Waals surface area contributed by atoms with Gasteiger partial charge in [0.25, 0.3) is 6.47 Å². The van der Waals surface area contributed by atoms with E-state index in [2.05, 4.69) is 20.1 Å². The maximum absolute atomic E-state index is 12.9. The predicted molar refractivity (Wildman–Crippen MR) is 107 cm³/mol. The Balaban J connectivity index is 0.000000604. The van der Waals surface area contributed by atoms with Crippen molar-refractivity contribution >= 4 is 34.5 Å². The third-order valence-corrected chi connectivity index (χ3v) is 6.57. The highest BCUT2D eigenvalue weighted by molar-refractivity contribution is 7.13. The van der Waals surface area contributed by atoms with Crippen LogP contribution in [0, 0.1) is 11.8 Å². The van der Waals surface area contributed by atoms with E-state index in [0.29, 0.717) is 24.0 Å². The minimum Gasteiger partial charge on any atom is -0.483 e. The molecule has 3 aliphatic heterocycles. The molecule has 3 saturated heterocycles. The van der Waals surface area contributed by atoms with Crippen molar-refractivity contribution in [2.24, 2.45) is 11.8 Å². The molecule has 2 bridgehead atoms. The zero-order chi connectivity index (χ0) is 19.5. The van der Waals surface area contributed by atoms with Crippen LogP contribution >= 0.6 is 11.3 Å². The number of hydrogen-bond donors (Lipinski definition) is 2. The maximum atomic E-state index is 12.9. The fourth-order valence-corrected chi connectivity index (χ4v) is 5.01. The number of piperidine rings is 3. The topological polar surface area (TPSA) is 99.2 Å². The molecule has 3 aromatic rings. The molecule has 1 aromatic carbocycles. The number of nitrogens with one attached hydrogen (secondary N) is 1. The summed E-state index contributed by atoms with van der Waals surface area (Å²) < 4.78 is 0. The van der Waals surface area contributed by atoms with Gasteiger partial charge in [0.05, 0.1) is 5.52 Å². The number of aromatic nitrogens is 3. The third-order valence-electron chi connectivity index (χ3n) is 5.75. The molecule has 0 unspecified atom stereocenters. The lowest BCUT2D eigenvalue weighted by Crippen LogP contribution is -2.47. The first kappa shape index (κ1) is 18.8. The number of nitrogens with zero attached hydrogens (tertiary/aromatic N) is 3. The van der Waals surface area contributed by atoms with Gasteiger partial charge in [0.1, 0.15) is 10.7 Å². The molecule has 0 saturated carbocycles. The van der Waals surface area contributed by atoms with Crippen LogP contribution < -0.4 is 0 Å². The van der Waals surface area contributed by atoms with E-state index < -0.39 is 0 Å². The van der Waals surface area contributed by atoms with E-state index in [1.807, 2.05) is 23.6 Å². The van der Waals surface area contributed by atoms with Crippen molar-refractivity contribution in [1.82, 2.24) is 20.1 Å². The Morgan fingerprint density at radius 3 is 2.79 bits per heavy atom. The van der Waals surface area contributed by atoms with Crippen LogP contribution in [0.3, 0.4) is 0 Å². The Kier molecular flexibility index (Phi) is 5.50. The van der Waals surface area contributed by atoms with Gasteiger partial charge in [0.15, 0.2) is 5.78 Å². The van der Waals surface area contributed by atoms with E-state index in [4.69, 9.17) is 9.90 Å². The maximum Gasteiger partial charge on any atom is 0.290 e. The van der Waals surface area contributed by atoms with Crippen molar-refractivity contribution in [2.75, 3.05) is 19.6 Å². The van der Waals surface area contributed by atoms with Crippen LogP contribution in [0.4, 0.5) is 0 Å². The van der Waals surface area contributed by atoms with Crippen LogP contribution in [0.25, 0.3) is 21.5 Å². The number of carboxylic acid groups (broad SMARTS) is 1. The van der Waals surface area contributed by atoms with Gasteiger partial charge in [-0.2, -0.15) is 5.10 Å². The standard InChI is InChI=1S/C19H20N4OS.CH2O2/c24-17(10-14-11-23-6-3-12(14)4-7-23)18-15-9-13(19-20-5-8-25-19)1-2-16(15)21-22-18;2-1-3/h1-2,5,8-9,12,14H,3-4,6-7,10-11H2,(H,21,22);1H,(H,2,3)/t14-;/m0./s1. The SMILES string of the molecule is O=C(C[C@H]1CN2CCC1CC2)c1n[nH]c2ccc(-c3nccs3)cc12.O=CO. The quantitative estimate of drug-likeness (QED) is 0.517. The number of carbonyl (C=O) groups excluding carboxylic acids is 1. The van der Waals surface area contributed by atoms with Gasteiger partial charge in [-0.05, 0) is 56.0 Å². The summed E-state index contributed by atoms with van der Waals surface area (Å²) in [7, 11) is 0. The molecule has 2 aromatic heterocycles. The Morgan fingerprint density at radius 2 is 2.14 bits per heavy atom. The van der Waals surface area contributed by atoms with Crippen molar-refractivity contribution in [3.8, 4) is 10.6 Å². The van der Waals surface area contributed by atoms with Crippen LogP contribution in [-0.4, -0.2) is 57.1 Å². The molecule has 8 heteroatoms. The normalized spacial score (nSPS) is 23.2. The molecule has 0 spiro atoms. The van der Waals surface area contributed by atoms with Crippen molar-refractivity contribution in [3.05, 3.63) is 35.5 Å². The molecular formula is C20H22N4O3S. The van der Waals surface area contributed by atoms with E-state index in [-0.39, 0.29) is 12.3 Å². The number of hydrogen-bond acceptors (Lipinski definition) is 6. The lowest BCUT2D eigenvalue weighted by Gasteiger charge is -2.44. The summed E-state index contributed by atoms with van der Waals surface area (Å²) >= 11 is 1.61. The average Bonchev–Trinajstić information content (AvgIpc) is 3.39. The zero-order valence-corrected chi connectivity index (χ0v) is 16.2. The lowest BCUT2D eigenvalue weighted by molar-refractivity contribution is -0.122. The van der Waals surface area contributed by atoms with Crippen LogP contribution in [0.5, 0.6) is 0 Å². The molecular weight excluding hydrogens is 376 g/mol. The van der Waals surface area contributed by atoms with E-state index in [1.165, 1.54) is 25.9 Å². The smallest absolute Gasteiger partial charge is 0.290 e. The number of Topliss-reactive ketones (excluding diaryl/α,β-unsaturated/α-hetero) is 1. The first-order valence-corrected chi connectivity index (χ1v) is 10.3. The summed E-state index contributed by atoms with van der Waals surface area (Å²) in [5, 5.41) is 18.1. The van der Waals surface area contributed by atoms with Crippen molar-refractivity contribution in [3.63, 3.8) is 0 Å². The number of rotatable bonds is 4. The van der Waals surface area contributed by atoms with Crippen LogP contribution in [-0.2, 0) is 4.79 Å². The van der Waals surface area contributed by atoms with Gasteiger partial charge < -0.3 is 10.0 Å². The molecule has 3 aliphatic rings. The zero-order valence-electron chi connectivity index (χ0n) is 15.4. The van der Waals surface area contributed by atoms with Gasteiger partial charge in [-0.25, -0.2) is 4.98 Å². The summed E-state index contributed by atoms with van der Waals surface area (Å²) in [5.41, 5.74) is 2.54. The van der Waals surface area contributed by atoms with E-state index in [1.54, 1.807) is 17.5 Å². The highest BCUT2D eigenvalue weighted by Crippen LogP contribution is 2.35. The second-order valence-corrected chi connectivity index (χ2v) is 8.20. The van der Waals surface area contributed by atoms with Crippen molar-refractivity contribution < 1.29 is 14.7 Å². The number of aromatic amines is 1. The molecule has 3 fully saturated rings. The van der Waals surface area contributed by atoms with Gasteiger partial charge in [-0.3, -0.25) is 14.7 Å². The summed E-state index contributed by atoms with van der Waals surface area (Å²) in [6, 6.07) is 6.06. The van der Waals surface area contributed by atoms with Crippen LogP contribution in [0.2, 0.25) is 0 Å². The Bertz CT molecular complexity index is 961. The van der Waals surface area contributed by atoms with Crippen molar-refractivity contribution in [2.45, 2.75) is 19.3 Å². The summed E-state index contributed by atoms with van der Waals surface area (Å²) in [5.74, 6) is 1.37. The van der Waals surface area contributed by atoms with Crippen molar-refractivity contribution in [1.29, 1.82) is 0 Å². The fraction of sp³-hybridized carbons (Fsp3) is 0.400. The van der Waals surface area contributed by atoms with Crippen LogP contribution in [0.15, 0.2) is 29.8 Å². The third kappa shape index (κ3) is 3.70. The fourth-order valence-electron chi connectivity index (χ4n) is 4.38. The second-order valence-electron chi connectivity index (χ2n) is 7.30. The van der Waals surface area contributed by atoms with Gasteiger partial charge >= 0.3 is 0 Å². The van der Waals surface area contributed by atoms with E-state index in [9.17, 15) is 4.79 Å². The second kappa shape index (κ2) is 8.20. The molecule has 5 heterocycles. The minimum atomic E-state index is -0.250. The highest BCUT2D eigenvalue weighted by Gasteiger charge is 2.35. The summed E-state index contributed by atoms with van der Waals surface area (Å²) in [6.45, 7) is 3.23.